The van der Waals surface area contributed by atoms with E-state index in [0.29, 0.717) is 6.17 Å². The number of nitrogens with two attached hydrogens (primary N) is 1. The Labute approximate surface area is 157 Å². The highest BCUT2D eigenvalue weighted by molar-refractivity contribution is 4.95. The van der Waals surface area contributed by atoms with Crippen molar-refractivity contribution in [3.8, 4) is 0 Å². The van der Waals surface area contributed by atoms with Crippen molar-refractivity contribution in [3.63, 3.8) is 0 Å². The van der Waals surface area contributed by atoms with Crippen LogP contribution in [0.2, 0.25) is 0 Å². The minimum Gasteiger partial charge on any atom is -0.370 e. The number of hydrogen-bond donors (Lipinski definition) is 2. The van der Waals surface area contributed by atoms with Crippen molar-refractivity contribution in [1.82, 2.24) is 10.2 Å². The van der Waals surface area contributed by atoms with Crippen LogP contribution < -0.4 is 11.1 Å². The summed E-state index contributed by atoms with van der Waals surface area (Å²) in [6, 6.07) is 0. The van der Waals surface area contributed by atoms with Crippen LogP contribution in [-0.4, -0.2) is 17.2 Å². The maximum Gasteiger partial charge on any atom is 0.0995 e. The molecule has 0 aromatic heterocycles. The molecular weight excluding hydrogens is 306 g/mol. The maximum absolute atomic E-state index is 5.98. The molecule has 0 fully saturated rings. The van der Waals surface area contributed by atoms with Crippen LogP contribution in [0.25, 0.3) is 0 Å². The first-order valence-corrected chi connectivity index (χ1v) is 10.9. The third-order valence-corrected chi connectivity index (χ3v) is 5.12. The predicted molar refractivity (Wildman–Crippen MR) is 111 cm³/mol. The summed E-state index contributed by atoms with van der Waals surface area (Å²) >= 11 is 0. The van der Waals surface area contributed by atoms with E-state index in [1.54, 1.807) is 0 Å². The first-order valence-electron chi connectivity index (χ1n) is 10.9. The van der Waals surface area contributed by atoms with Gasteiger partial charge in [0.15, 0.2) is 0 Å². The van der Waals surface area contributed by atoms with E-state index in [1.807, 2.05) is 13.1 Å². The van der Waals surface area contributed by atoms with Crippen LogP contribution in [0.3, 0.4) is 0 Å². The molecule has 2 unspecified atom stereocenters. The molecule has 0 aromatic carbocycles. The van der Waals surface area contributed by atoms with Crippen molar-refractivity contribution in [2.24, 2.45) is 5.73 Å². The van der Waals surface area contributed by atoms with Gasteiger partial charge < -0.3 is 16.0 Å². The highest BCUT2D eigenvalue weighted by Gasteiger charge is 2.20. The molecule has 1 heterocycles. The third kappa shape index (κ3) is 11.3. The Morgan fingerprint density at radius 3 is 2.04 bits per heavy atom. The molecule has 3 heteroatoms. The van der Waals surface area contributed by atoms with Gasteiger partial charge in [0.2, 0.25) is 0 Å². The molecule has 0 saturated carbocycles. The van der Waals surface area contributed by atoms with Crippen LogP contribution in [0, 0.1) is 0 Å². The lowest BCUT2D eigenvalue weighted by molar-refractivity contribution is 0.208. The zero-order chi connectivity index (χ0) is 18.2. The molecule has 0 saturated heterocycles. The quantitative estimate of drug-likeness (QED) is 0.264. The first-order chi connectivity index (χ1) is 12.3. The minimum absolute atomic E-state index is 0.101. The number of nitrogens with zero attached hydrogens (tertiary/aromatic N) is 1. The summed E-state index contributed by atoms with van der Waals surface area (Å²) in [7, 11) is 0. The second-order valence-electron chi connectivity index (χ2n) is 7.53. The Morgan fingerprint density at radius 1 is 0.920 bits per heavy atom. The standard InChI is InChI=1S/C22H43N3/c1-3-4-5-6-7-8-9-10-11-12-13-14-15-16-17-18-22-24-19-20-25(22)21(2)23/h4-5,19-22,24H,3,6-18,23H2,1-2H3/b5-4+. The Hall–Kier alpha value is -0.960. The van der Waals surface area contributed by atoms with Gasteiger partial charge in [-0.05, 0) is 39.0 Å². The van der Waals surface area contributed by atoms with Gasteiger partial charge in [0.1, 0.15) is 0 Å². The summed E-state index contributed by atoms with van der Waals surface area (Å²) in [4.78, 5) is 2.22. The van der Waals surface area contributed by atoms with Crippen LogP contribution in [-0.2, 0) is 0 Å². The molecule has 0 aromatic rings. The summed E-state index contributed by atoms with van der Waals surface area (Å²) in [5.41, 5.74) is 5.98. The topological polar surface area (TPSA) is 41.3 Å². The van der Waals surface area contributed by atoms with Crippen LogP contribution in [0.5, 0.6) is 0 Å². The first kappa shape index (κ1) is 22.1. The Kier molecular flexibility index (Phi) is 13.5. The largest absolute Gasteiger partial charge is 0.370 e. The normalized spacial score (nSPS) is 18.2. The van der Waals surface area contributed by atoms with Crippen molar-refractivity contribution < 1.29 is 0 Å². The highest BCUT2D eigenvalue weighted by atomic mass is 15.3. The number of rotatable bonds is 16. The molecular formula is C22H43N3. The molecule has 3 nitrogen and oxygen atoms in total. The molecule has 0 spiro atoms. The Morgan fingerprint density at radius 2 is 1.48 bits per heavy atom. The van der Waals surface area contributed by atoms with Crippen molar-refractivity contribution >= 4 is 0 Å². The predicted octanol–water partition coefficient (Wildman–Crippen LogP) is 6.03. The van der Waals surface area contributed by atoms with E-state index in [4.69, 9.17) is 5.73 Å². The maximum atomic E-state index is 5.98. The van der Waals surface area contributed by atoms with Crippen LogP contribution in [0.4, 0.5) is 0 Å². The molecule has 0 aliphatic carbocycles. The molecule has 3 N–H and O–H groups in total. The van der Waals surface area contributed by atoms with Gasteiger partial charge in [0, 0.05) is 12.4 Å². The highest BCUT2D eigenvalue weighted by Crippen LogP contribution is 2.16. The SMILES string of the molecule is CC/C=C/CCCCCCCCCCCCCC1NC=CN1C(C)N. The van der Waals surface area contributed by atoms with Gasteiger partial charge in [-0.3, -0.25) is 0 Å². The summed E-state index contributed by atoms with van der Waals surface area (Å²) in [6.45, 7) is 4.25. The molecule has 25 heavy (non-hydrogen) atoms. The average molecular weight is 350 g/mol. The summed E-state index contributed by atoms with van der Waals surface area (Å²) < 4.78 is 0. The van der Waals surface area contributed by atoms with Crippen molar-refractivity contribution in [2.75, 3.05) is 0 Å². The molecule has 0 radical (unpaired) electrons. The fraction of sp³-hybridized carbons (Fsp3) is 0.818. The molecule has 1 aliphatic heterocycles. The molecule has 2 atom stereocenters. The van der Waals surface area contributed by atoms with Crippen LogP contribution in [0.15, 0.2) is 24.6 Å². The number of unbranched alkanes of at least 4 members (excludes halogenated alkanes) is 11. The lowest BCUT2D eigenvalue weighted by Gasteiger charge is -2.28. The van der Waals surface area contributed by atoms with E-state index in [-0.39, 0.29) is 6.17 Å². The molecule has 1 aliphatic rings. The van der Waals surface area contributed by atoms with Gasteiger partial charge in [-0.1, -0.05) is 76.9 Å². The number of allylic oxidation sites excluding steroid dienone is 2. The number of hydrogen-bond acceptors (Lipinski definition) is 3. The van der Waals surface area contributed by atoms with E-state index in [1.165, 1.54) is 89.9 Å². The molecule has 0 bridgehead atoms. The monoisotopic (exact) mass is 349 g/mol. The average Bonchev–Trinajstić information content (AvgIpc) is 3.07. The minimum atomic E-state index is 0.101. The van der Waals surface area contributed by atoms with Crippen molar-refractivity contribution in [3.05, 3.63) is 24.6 Å². The second kappa shape index (κ2) is 15.3. The van der Waals surface area contributed by atoms with E-state index in [9.17, 15) is 0 Å². The Bertz CT molecular complexity index is 349. The van der Waals surface area contributed by atoms with Crippen molar-refractivity contribution in [2.45, 2.75) is 116 Å². The van der Waals surface area contributed by atoms with Crippen LogP contribution >= 0.6 is 0 Å². The summed E-state index contributed by atoms with van der Waals surface area (Å²) in [5.74, 6) is 0. The summed E-state index contributed by atoms with van der Waals surface area (Å²) in [6.07, 6.45) is 28.3. The fourth-order valence-corrected chi connectivity index (χ4v) is 3.56. The lowest BCUT2D eigenvalue weighted by Crippen LogP contribution is -2.44. The van der Waals surface area contributed by atoms with E-state index in [2.05, 4.69) is 35.5 Å². The van der Waals surface area contributed by atoms with E-state index < -0.39 is 0 Å². The second-order valence-corrected chi connectivity index (χ2v) is 7.53. The van der Waals surface area contributed by atoms with E-state index >= 15 is 0 Å². The van der Waals surface area contributed by atoms with Gasteiger partial charge in [0.25, 0.3) is 0 Å². The summed E-state index contributed by atoms with van der Waals surface area (Å²) in [5, 5.41) is 3.40. The van der Waals surface area contributed by atoms with Gasteiger partial charge in [-0.2, -0.15) is 0 Å². The molecule has 146 valence electrons. The Balaban J connectivity index is 1.78. The third-order valence-electron chi connectivity index (χ3n) is 5.12. The van der Waals surface area contributed by atoms with Crippen LogP contribution in [0.1, 0.15) is 104 Å². The van der Waals surface area contributed by atoms with Gasteiger partial charge in [0.05, 0.1) is 12.3 Å². The molecule has 1 rings (SSSR count). The lowest BCUT2D eigenvalue weighted by atomic mass is 10.0. The fourth-order valence-electron chi connectivity index (χ4n) is 3.56. The smallest absolute Gasteiger partial charge is 0.0995 e. The van der Waals surface area contributed by atoms with Crippen molar-refractivity contribution in [1.29, 1.82) is 0 Å². The van der Waals surface area contributed by atoms with E-state index in [0.717, 1.165) is 0 Å². The molecule has 0 amide bonds. The van der Waals surface area contributed by atoms with Gasteiger partial charge >= 0.3 is 0 Å². The zero-order valence-corrected chi connectivity index (χ0v) is 16.9. The zero-order valence-electron chi connectivity index (χ0n) is 16.9. The number of nitrogens with one attached hydrogen (secondary N) is 1. The van der Waals surface area contributed by atoms with Gasteiger partial charge in [-0.15, -0.1) is 0 Å². The van der Waals surface area contributed by atoms with Gasteiger partial charge in [-0.25, -0.2) is 0 Å².